The summed E-state index contributed by atoms with van der Waals surface area (Å²) in [6, 6.07) is 7.77. The molecule has 1 aliphatic rings. The molecule has 0 bridgehead atoms. The van der Waals surface area contributed by atoms with Gasteiger partial charge in [0.2, 0.25) is 0 Å². The van der Waals surface area contributed by atoms with E-state index in [0.29, 0.717) is 12.2 Å². The van der Waals surface area contributed by atoms with E-state index in [0.717, 1.165) is 41.1 Å². The monoisotopic (exact) mass is 343 g/mol. The first-order valence-corrected chi connectivity index (χ1v) is 9.05. The molecule has 0 radical (unpaired) electrons. The number of fused-ring (bicyclic) bond motifs is 1. The van der Waals surface area contributed by atoms with Crippen molar-refractivity contribution in [1.29, 1.82) is 0 Å². The summed E-state index contributed by atoms with van der Waals surface area (Å²) >= 11 is 1.60. The van der Waals surface area contributed by atoms with E-state index >= 15 is 0 Å². The summed E-state index contributed by atoms with van der Waals surface area (Å²) in [6.45, 7) is 2.56. The molecular weight excluding hydrogens is 322 g/mol. The number of aliphatic imine (C=N–C) groups is 1. The number of nitrogens with zero attached hydrogens (tertiary/aromatic N) is 1. The molecule has 0 spiro atoms. The number of thiophene rings is 1. The Morgan fingerprint density at radius 1 is 1.29 bits per heavy atom. The fraction of sp³-hybridized carbons (Fsp3) is 0.368. The predicted octanol–water partition coefficient (Wildman–Crippen LogP) is 4.56. The van der Waals surface area contributed by atoms with E-state index in [1.54, 1.807) is 17.6 Å². The zero-order valence-electron chi connectivity index (χ0n) is 14.0. The first-order valence-electron chi connectivity index (χ1n) is 8.23. The lowest BCUT2D eigenvalue weighted by Crippen LogP contribution is -2.07. The maximum absolute atomic E-state index is 12.2. The number of hydrogen-bond donors (Lipinski definition) is 0. The van der Waals surface area contributed by atoms with Crippen LogP contribution >= 0.6 is 11.3 Å². The number of carbonyl (C=O) groups excluding carboxylic acids is 1. The number of ether oxygens (including phenoxy) is 2. The molecule has 126 valence electrons. The maximum Gasteiger partial charge on any atom is 0.341 e. The molecule has 0 unspecified atom stereocenters. The second kappa shape index (κ2) is 7.62. The summed E-state index contributed by atoms with van der Waals surface area (Å²) in [6.07, 6.45) is 6.01. The molecule has 2 aromatic rings. The SMILES string of the molecule is CCOc1ccccc1C=Nc1sc2c(c1C(=O)OC)CCCC2. The Balaban J connectivity index is 1.98. The zero-order chi connectivity index (χ0) is 16.9. The van der Waals surface area contributed by atoms with Gasteiger partial charge in [-0.05, 0) is 50.3 Å². The summed E-state index contributed by atoms with van der Waals surface area (Å²) in [5.41, 5.74) is 2.67. The number of methoxy groups -OCH3 is 1. The third-order valence-electron chi connectivity index (χ3n) is 4.08. The van der Waals surface area contributed by atoms with Gasteiger partial charge in [-0.25, -0.2) is 9.79 Å². The molecule has 0 atom stereocenters. The molecule has 5 heteroatoms. The molecule has 1 heterocycles. The zero-order valence-corrected chi connectivity index (χ0v) is 14.8. The highest BCUT2D eigenvalue weighted by Crippen LogP contribution is 2.40. The van der Waals surface area contributed by atoms with E-state index in [4.69, 9.17) is 9.47 Å². The van der Waals surface area contributed by atoms with Gasteiger partial charge in [-0.3, -0.25) is 0 Å². The third-order valence-corrected chi connectivity index (χ3v) is 5.28. The van der Waals surface area contributed by atoms with E-state index < -0.39 is 0 Å². The number of hydrogen-bond acceptors (Lipinski definition) is 5. The molecule has 0 saturated heterocycles. The van der Waals surface area contributed by atoms with Gasteiger partial charge >= 0.3 is 5.97 Å². The Hall–Kier alpha value is -2.14. The molecule has 24 heavy (non-hydrogen) atoms. The Morgan fingerprint density at radius 3 is 2.88 bits per heavy atom. The maximum atomic E-state index is 12.2. The van der Waals surface area contributed by atoms with Crippen LogP contribution in [-0.4, -0.2) is 25.9 Å². The molecule has 3 rings (SSSR count). The number of esters is 1. The van der Waals surface area contributed by atoms with Crippen LogP contribution in [0.3, 0.4) is 0 Å². The van der Waals surface area contributed by atoms with Gasteiger partial charge in [0.05, 0.1) is 19.3 Å². The minimum absolute atomic E-state index is 0.292. The molecule has 1 aromatic heterocycles. The van der Waals surface area contributed by atoms with Gasteiger partial charge in [-0.2, -0.15) is 0 Å². The van der Waals surface area contributed by atoms with Crippen molar-refractivity contribution >= 4 is 28.5 Å². The highest BCUT2D eigenvalue weighted by Gasteiger charge is 2.25. The van der Waals surface area contributed by atoms with E-state index in [9.17, 15) is 4.79 Å². The van der Waals surface area contributed by atoms with E-state index in [1.807, 2.05) is 31.2 Å². The predicted molar refractivity (Wildman–Crippen MR) is 97.2 cm³/mol. The van der Waals surface area contributed by atoms with Crippen molar-refractivity contribution in [1.82, 2.24) is 0 Å². The second-order valence-corrected chi connectivity index (χ2v) is 6.70. The minimum atomic E-state index is -0.292. The van der Waals surface area contributed by atoms with Gasteiger partial charge in [0, 0.05) is 16.7 Å². The van der Waals surface area contributed by atoms with Gasteiger partial charge in [0.1, 0.15) is 10.8 Å². The quantitative estimate of drug-likeness (QED) is 0.590. The lowest BCUT2D eigenvalue weighted by molar-refractivity contribution is 0.0601. The van der Waals surface area contributed by atoms with E-state index in [1.165, 1.54) is 18.4 Å². The number of benzene rings is 1. The minimum Gasteiger partial charge on any atom is -0.493 e. The average molecular weight is 343 g/mol. The lowest BCUT2D eigenvalue weighted by Gasteiger charge is -2.11. The fourth-order valence-corrected chi connectivity index (χ4v) is 4.18. The van der Waals surface area contributed by atoms with Gasteiger partial charge in [0.25, 0.3) is 0 Å². The molecular formula is C19H21NO3S. The molecule has 0 N–H and O–H groups in total. The number of aryl methyl sites for hydroxylation is 1. The first kappa shape index (κ1) is 16.7. The molecule has 1 aliphatic carbocycles. The van der Waals surface area contributed by atoms with Crippen molar-refractivity contribution in [3.8, 4) is 5.75 Å². The topological polar surface area (TPSA) is 47.9 Å². The smallest absolute Gasteiger partial charge is 0.341 e. The highest BCUT2D eigenvalue weighted by atomic mass is 32.1. The van der Waals surface area contributed by atoms with Crippen molar-refractivity contribution in [2.75, 3.05) is 13.7 Å². The van der Waals surface area contributed by atoms with Crippen LogP contribution in [0, 0.1) is 0 Å². The van der Waals surface area contributed by atoms with Crippen molar-refractivity contribution in [2.24, 2.45) is 4.99 Å². The summed E-state index contributed by atoms with van der Waals surface area (Å²) in [5, 5.41) is 0.736. The van der Waals surface area contributed by atoms with Crippen LogP contribution in [0.2, 0.25) is 0 Å². The molecule has 0 amide bonds. The van der Waals surface area contributed by atoms with Crippen LogP contribution in [0.5, 0.6) is 5.75 Å². The molecule has 4 nitrogen and oxygen atoms in total. The summed E-state index contributed by atoms with van der Waals surface area (Å²) in [7, 11) is 1.42. The summed E-state index contributed by atoms with van der Waals surface area (Å²) in [5.74, 6) is 0.504. The average Bonchev–Trinajstić information content (AvgIpc) is 2.99. The summed E-state index contributed by atoms with van der Waals surface area (Å²) in [4.78, 5) is 18.1. The van der Waals surface area contributed by atoms with Crippen LogP contribution in [0.25, 0.3) is 0 Å². The largest absolute Gasteiger partial charge is 0.493 e. The van der Waals surface area contributed by atoms with Gasteiger partial charge in [0.15, 0.2) is 0 Å². The van der Waals surface area contributed by atoms with Crippen LogP contribution in [0.1, 0.15) is 46.1 Å². The highest BCUT2D eigenvalue weighted by molar-refractivity contribution is 7.16. The van der Waals surface area contributed by atoms with Gasteiger partial charge < -0.3 is 9.47 Å². The molecule has 0 saturated carbocycles. The Bertz CT molecular complexity index is 764. The van der Waals surface area contributed by atoms with Crippen molar-refractivity contribution < 1.29 is 14.3 Å². The van der Waals surface area contributed by atoms with Crippen LogP contribution in [0.4, 0.5) is 5.00 Å². The number of para-hydroxylation sites is 1. The number of rotatable bonds is 5. The van der Waals surface area contributed by atoms with E-state index in [-0.39, 0.29) is 5.97 Å². The van der Waals surface area contributed by atoms with Crippen LogP contribution in [-0.2, 0) is 17.6 Å². The molecule has 1 aromatic carbocycles. The Kier molecular flexibility index (Phi) is 5.30. The van der Waals surface area contributed by atoms with Crippen LogP contribution in [0.15, 0.2) is 29.3 Å². The van der Waals surface area contributed by atoms with E-state index in [2.05, 4.69) is 4.99 Å². The molecule has 0 aliphatic heterocycles. The van der Waals surface area contributed by atoms with Crippen molar-refractivity contribution in [3.05, 3.63) is 45.8 Å². The normalized spacial score (nSPS) is 13.8. The van der Waals surface area contributed by atoms with Crippen molar-refractivity contribution in [2.45, 2.75) is 32.6 Å². The lowest BCUT2D eigenvalue weighted by atomic mass is 9.95. The van der Waals surface area contributed by atoms with Gasteiger partial charge in [-0.15, -0.1) is 11.3 Å². The third kappa shape index (κ3) is 3.36. The Labute approximate surface area is 146 Å². The van der Waals surface area contributed by atoms with Gasteiger partial charge in [-0.1, -0.05) is 12.1 Å². The summed E-state index contributed by atoms with van der Waals surface area (Å²) < 4.78 is 10.6. The fourth-order valence-electron chi connectivity index (χ4n) is 2.96. The first-order chi connectivity index (χ1) is 11.7. The number of carbonyl (C=O) groups is 1. The standard InChI is InChI=1S/C19H21NO3S/c1-3-23-15-10-6-4-8-13(15)12-20-18-17(19(21)22-2)14-9-5-7-11-16(14)24-18/h4,6,8,10,12H,3,5,7,9,11H2,1-2H3. The Morgan fingerprint density at radius 2 is 2.08 bits per heavy atom. The van der Waals surface area contributed by atoms with Crippen molar-refractivity contribution in [3.63, 3.8) is 0 Å². The molecule has 0 fully saturated rings. The van der Waals surface area contributed by atoms with Crippen LogP contribution < -0.4 is 4.74 Å². The second-order valence-electron chi connectivity index (χ2n) is 5.61.